The van der Waals surface area contributed by atoms with E-state index < -0.39 is 0 Å². The van der Waals surface area contributed by atoms with E-state index in [9.17, 15) is 0 Å². The minimum absolute atomic E-state index is 0.288. The second-order valence-electron chi connectivity index (χ2n) is 10.1. The summed E-state index contributed by atoms with van der Waals surface area (Å²) >= 11 is 0. The van der Waals surface area contributed by atoms with E-state index in [0.717, 1.165) is 35.5 Å². The lowest BCUT2D eigenvalue weighted by Gasteiger charge is -2.60. The molecule has 0 radical (unpaired) electrons. The third kappa shape index (κ3) is 2.55. The summed E-state index contributed by atoms with van der Waals surface area (Å²) in [5.41, 5.74) is 3.46. The van der Waals surface area contributed by atoms with Crippen LogP contribution in [-0.2, 0) is 16.6 Å². The van der Waals surface area contributed by atoms with Gasteiger partial charge in [0.1, 0.15) is 5.75 Å². The molecule has 6 atom stereocenters. The highest BCUT2D eigenvalue weighted by atomic mass is 16.5. The van der Waals surface area contributed by atoms with Crippen molar-refractivity contribution in [3.8, 4) is 5.75 Å². The van der Waals surface area contributed by atoms with Crippen molar-refractivity contribution in [2.45, 2.75) is 56.1 Å². The summed E-state index contributed by atoms with van der Waals surface area (Å²) in [7, 11) is 1.80. The van der Waals surface area contributed by atoms with Gasteiger partial charge in [-0.3, -0.25) is 4.90 Å². The zero-order chi connectivity index (χ0) is 18.9. The van der Waals surface area contributed by atoms with Crippen LogP contribution >= 0.6 is 0 Å². The summed E-state index contributed by atoms with van der Waals surface area (Å²) in [4.78, 5) is 2.90. The largest absolute Gasteiger partial charge is 0.497 e. The van der Waals surface area contributed by atoms with Crippen LogP contribution in [0.2, 0.25) is 0 Å². The number of hydrogen-bond donors (Lipinski definition) is 0. The number of piperidine rings is 1. The van der Waals surface area contributed by atoms with Gasteiger partial charge in [-0.15, -0.1) is 6.58 Å². The summed E-state index contributed by atoms with van der Waals surface area (Å²) < 4.78 is 12.0. The van der Waals surface area contributed by atoms with Gasteiger partial charge in [0.2, 0.25) is 0 Å². The Balaban J connectivity index is 1.42. The normalized spacial score (nSPS) is 40.8. The van der Waals surface area contributed by atoms with E-state index in [2.05, 4.69) is 29.7 Å². The molecule has 4 fully saturated rings. The molecule has 28 heavy (non-hydrogen) atoms. The molecule has 0 aromatic heterocycles. The number of methoxy groups -OCH3 is 1. The lowest BCUT2D eigenvalue weighted by Crippen LogP contribution is -2.63. The maximum absolute atomic E-state index is 6.33. The number of ether oxygens (including phenoxy) is 2. The summed E-state index contributed by atoms with van der Waals surface area (Å²) in [6.07, 6.45) is 10.3. The van der Waals surface area contributed by atoms with E-state index in [0.29, 0.717) is 12.7 Å². The van der Waals surface area contributed by atoms with Crippen molar-refractivity contribution in [1.82, 2.24) is 4.90 Å². The van der Waals surface area contributed by atoms with Crippen molar-refractivity contribution in [2.24, 2.45) is 23.7 Å². The van der Waals surface area contributed by atoms with Crippen LogP contribution in [0.3, 0.4) is 0 Å². The molecule has 0 N–H and O–H groups in total. The van der Waals surface area contributed by atoms with Gasteiger partial charge in [0.05, 0.1) is 19.8 Å². The van der Waals surface area contributed by atoms with Crippen molar-refractivity contribution in [3.05, 3.63) is 42.0 Å². The first-order valence-electron chi connectivity index (χ1n) is 11.4. The molecular formula is C25H33NO2. The first-order valence-corrected chi connectivity index (χ1v) is 11.4. The van der Waals surface area contributed by atoms with Crippen molar-refractivity contribution >= 4 is 0 Å². The topological polar surface area (TPSA) is 21.7 Å². The first kappa shape index (κ1) is 17.5. The minimum Gasteiger partial charge on any atom is -0.497 e. The average molecular weight is 380 g/mol. The number of benzene rings is 1. The smallest absolute Gasteiger partial charge is 0.119 e. The number of rotatable bonds is 6. The molecule has 5 aliphatic rings. The van der Waals surface area contributed by atoms with Gasteiger partial charge in [-0.1, -0.05) is 12.1 Å². The van der Waals surface area contributed by atoms with Crippen LogP contribution in [0.15, 0.2) is 30.9 Å². The zero-order valence-corrected chi connectivity index (χ0v) is 17.1. The molecule has 3 saturated carbocycles. The summed E-state index contributed by atoms with van der Waals surface area (Å²) in [5, 5.41) is 0. The Bertz CT molecular complexity index is 787. The number of nitrogens with zero attached hydrogens (tertiary/aromatic N) is 1. The number of fused-ring (bicyclic) bond motifs is 2. The molecule has 3 nitrogen and oxygen atoms in total. The predicted molar refractivity (Wildman–Crippen MR) is 111 cm³/mol. The van der Waals surface area contributed by atoms with Crippen molar-refractivity contribution in [3.63, 3.8) is 0 Å². The minimum atomic E-state index is 0.288. The van der Waals surface area contributed by atoms with E-state index in [4.69, 9.17) is 9.47 Å². The van der Waals surface area contributed by atoms with E-state index in [1.165, 1.54) is 51.6 Å². The van der Waals surface area contributed by atoms with Gasteiger partial charge in [0.15, 0.2) is 0 Å². The summed E-state index contributed by atoms with van der Waals surface area (Å²) in [6.45, 7) is 7.18. The second kappa shape index (κ2) is 6.34. The Kier molecular flexibility index (Phi) is 3.97. The Morgan fingerprint density at radius 1 is 1.29 bits per heavy atom. The fourth-order valence-electron chi connectivity index (χ4n) is 7.25. The molecule has 0 amide bonds. The predicted octanol–water partition coefficient (Wildman–Crippen LogP) is 4.20. The molecule has 1 saturated heterocycles. The monoisotopic (exact) mass is 379 g/mol. The molecule has 3 unspecified atom stereocenters. The molecule has 3 heteroatoms. The Labute approximate surface area is 169 Å². The van der Waals surface area contributed by atoms with Crippen LogP contribution in [0.1, 0.15) is 43.2 Å². The van der Waals surface area contributed by atoms with Crippen molar-refractivity contribution in [1.29, 1.82) is 0 Å². The highest BCUT2D eigenvalue weighted by Crippen LogP contribution is 2.67. The van der Waals surface area contributed by atoms with E-state index in [1.807, 2.05) is 6.08 Å². The summed E-state index contributed by atoms with van der Waals surface area (Å²) in [6, 6.07) is 7.65. The van der Waals surface area contributed by atoms with Gasteiger partial charge in [-0.25, -0.2) is 0 Å². The standard InChI is InChI=1S/C25H33NO2/c1-3-10-28-23-14-25-8-9-26(15-16-4-5-16)22(24(25)20-13-19(20)23)11-17-6-7-18(27-2)12-21(17)25/h3,6-7,12,16,19-20,22-24H,1,4-5,8-11,13-15H2,2H3/t19?,20?,22-,23?,24+,25-/m1/s1. The molecule has 150 valence electrons. The Morgan fingerprint density at radius 2 is 2.18 bits per heavy atom. The molecular weight excluding hydrogens is 346 g/mol. The molecule has 1 aromatic rings. The molecule has 2 bridgehead atoms. The van der Waals surface area contributed by atoms with E-state index >= 15 is 0 Å². The fourth-order valence-corrected chi connectivity index (χ4v) is 7.25. The van der Waals surface area contributed by atoms with Crippen LogP contribution in [-0.4, -0.2) is 43.9 Å². The van der Waals surface area contributed by atoms with Crippen LogP contribution in [0.25, 0.3) is 0 Å². The van der Waals surface area contributed by atoms with Crippen LogP contribution in [0.5, 0.6) is 5.75 Å². The Hall–Kier alpha value is -1.32. The molecule has 1 aliphatic heterocycles. The first-order chi connectivity index (χ1) is 13.7. The highest BCUT2D eigenvalue weighted by molar-refractivity contribution is 5.47. The highest BCUT2D eigenvalue weighted by Gasteiger charge is 2.66. The third-order valence-corrected chi connectivity index (χ3v) is 8.66. The van der Waals surface area contributed by atoms with E-state index in [-0.39, 0.29) is 5.41 Å². The lowest BCUT2D eigenvalue weighted by molar-refractivity contribution is -0.0729. The fraction of sp³-hybridized carbons (Fsp3) is 0.680. The molecule has 1 heterocycles. The average Bonchev–Trinajstić information content (AvgIpc) is 3.62. The maximum atomic E-state index is 6.33. The van der Waals surface area contributed by atoms with Crippen LogP contribution < -0.4 is 4.74 Å². The second-order valence-corrected chi connectivity index (χ2v) is 10.1. The van der Waals surface area contributed by atoms with Gasteiger partial charge in [0.25, 0.3) is 0 Å². The molecule has 4 aliphatic carbocycles. The van der Waals surface area contributed by atoms with Crippen molar-refractivity contribution in [2.75, 3.05) is 26.8 Å². The van der Waals surface area contributed by atoms with Gasteiger partial charge in [0, 0.05) is 18.0 Å². The zero-order valence-electron chi connectivity index (χ0n) is 17.1. The van der Waals surface area contributed by atoms with Crippen LogP contribution in [0, 0.1) is 23.7 Å². The maximum Gasteiger partial charge on any atom is 0.119 e. The van der Waals surface area contributed by atoms with Gasteiger partial charge in [-0.2, -0.15) is 0 Å². The molecule has 1 aromatic carbocycles. The molecule has 6 rings (SSSR count). The number of hydrogen-bond acceptors (Lipinski definition) is 3. The SMILES string of the molecule is C=CCOC1C[C@]23CCN(CC4CC4)[C@H](Cc4ccc(OC)cc42)[C@@H]3C2CC12. The van der Waals surface area contributed by atoms with Gasteiger partial charge < -0.3 is 9.47 Å². The Morgan fingerprint density at radius 3 is 2.96 bits per heavy atom. The lowest BCUT2D eigenvalue weighted by atomic mass is 9.51. The quantitative estimate of drug-likeness (QED) is 0.692. The third-order valence-electron chi connectivity index (χ3n) is 8.66. The van der Waals surface area contributed by atoms with Crippen LogP contribution in [0.4, 0.5) is 0 Å². The van der Waals surface area contributed by atoms with Gasteiger partial charge >= 0.3 is 0 Å². The molecule has 0 spiro atoms. The summed E-state index contributed by atoms with van der Waals surface area (Å²) in [5.74, 6) is 4.45. The van der Waals surface area contributed by atoms with Crippen molar-refractivity contribution < 1.29 is 9.47 Å². The number of likely N-dealkylation sites (tertiary alicyclic amines) is 1. The van der Waals surface area contributed by atoms with E-state index in [1.54, 1.807) is 18.2 Å². The van der Waals surface area contributed by atoms with Gasteiger partial charge in [-0.05, 0) is 92.0 Å².